The van der Waals surface area contributed by atoms with Crippen molar-refractivity contribution in [2.24, 2.45) is 0 Å². The lowest BCUT2D eigenvalue weighted by atomic mass is 10.00. The van der Waals surface area contributed by atoms with Crippen LogP contribution in [0.3, 0.4) is 0 Å². The van der Waals surface area contributed by atoms with Crippen molar-refractivity contribution in [3.05, 3.63) is 69.2 Å². The molecule has 2 amide bonds. The number of benzene rings is 2. The number of nitrogens with zero attached hydrogens (tertiary/aromatic N) is 1. The predicted molar refractivity (Wildman–Crippen MR) is 106 cm³/mol. The molecule has 1 unspecified atom stereocenters. The fourth-order valence-electron chi connectivity index (χ4n) is 3.15. The second-order valence-electron chi connectivity index (χ2n) is 6.72. The number of carbonyl (C=O) groups excluding carboxylic acids is 2. The maximum Gasteiger partial charge on any atom is 0.252 e. The minimum atomic E-state index is -0.867. The Kier molecular flexibility index (Phi) is 5.68. The lowest BCUT2D eigenvalue weighted by Gasteiger charge is -2.25. The summed E-state index contributed by atoms with van der Waals surface area (Å²) in [5.41, 5.74) is 0.760. The van der Waals surface area contributed by atoms with E-state index >= 15 is 0 Å². The molecule has 3 rings (SSSR count). The average Bonchev–Trinajstić information content (AvgIpc) is 2.88. The van der Waals surface area contributed by atoms with Gasteiger partial charge in [0, 0.05) is 28.1 Å². The molecular weight excluding hydrogens is 416 g/mol. The standard InChI is InChI=1S/C20H20BrClN2O2/c1-20(23-18(25)15-5-3-6-16(21)13-15)9-11-24(19(20)26)10-8-14-4-2-7-17(22)12-14/h2-7,12-13H,8-11H2,1H3,(H,23,25). The van der Waals surface area contributed by atoms with Crippen molar-refractivity contribution < 1.29 is 9.59 Å². The molecule has 1 fully saturated rings. The molecule has 1 aliphatic heterocycles. The summed E-state index contributed by atoms with van der Waals surface area (Å²) >= 11 is 9.37. The van der Waals surface area contributed by atoms with Crippen LogP contribution in [0.25, 0.3) is 0 Å². The van der Waals surface area contributed by atoms with E-state index in [0.29, 0.717) is 30.1 Å². The zero-order valence-corrected chi connectivity index (χ0v) is 16.8. The van der Waals surface area contributed by atoms with Gasteiger partial charge in [-0.05, 0) is 55.7 Å². The summed E-state index contributed by atoms with van der Waals surface area (Å²) in [7, 11) is 0. The highest BCUT2D eigenvalue weighted by atomic mass is 79.9. The van der Waals surface area contributed by atoms with E-state index in [0.717, 1.165) is 16.5 Å². The van der Waals surface area contributed by atoms with Gasteiger partial charge in [-0.1, -0.05) is 45.7 Å². The minimum Gasteiger partial charge on any atom is -0.340 e. The van der Waals surface area contributed by atoms with Crippen molar-refractivity contribution in [2.75, 3.05) is 13.1 Å². The first-order valence-electron chi connectivity index (χ1n) is 8.49. The van der Waals surface area contributed by atoms with Crippen LogP contribution in [-0.2, 0) is 11.2 Å². The summed E-state index contributed by atoms with van der Waals surface area (Å²) in [5, 5.41) is 3.61. The van der Waals surface area contributed by atoms with Gasteiger partial charge in [0.2, 0.25) is 5.91 Å². The fourth-order valence-corrected chi connectivity index (χ4v) is 3.77. The van der Waals surface area contributed by atoms with Crippen molar-refractivity contribution in [3.8, 4) is 0 Å². The molecule has 4 nitrogen and oxygen atoms in total. The molecule has 1 atom stereocenters. The van der Waals surface area contributed by atoms with Gasteiger partial charge in [-0.25, -0.2) is 0 Å². The highest BCUT2D eigenvalue weighted by molar-refractivity contribution is 9.10. The molecule has 2 aromatic rings. The van der Waals surface area contributed by atoms with Gasteiger partial charge < -0.3 is 10.2 Å². The van der Waals surface area contributed by atoms with Crippen LogP contribution >= 0.6 is 27.5 Å². The van der Waals surface area contributed by atoms with Gasteiger partial charge in [0.1, 0.15) is 5.54 Å². The summed E-state index contributed by atoms with van der Waals surface area (Å²) in [6, 6.07) is 14.8. The number of likely N-dealkylation sites (tertiary alicyclic amines) is 1. The molecule has 0 bridgehead atoms. The molecule has 1 heterocycles. The molecule has 0 aliphatic carbocycles. The van der Waals surface area contributed by atoms with Crippen molar-refractivity contribution in [1.29, 1.82) is 0 Å². The number of nitrogens with one attached hydrogen (secondary N) is 1. The van der Waals surface area contributed by atoms with E-state index in [9.17, 15) is 9.59 Å². The quantitative estimate of drug-likeness (QED) is 0.770. The van der Waals surface area contributed by atoms with Crippen molar-refractivity contribution in [2.45, 2.75) is 25.3 Å². The number of halogens is 2. The topological polar surface area (TPSA) is 49.4 Å². The number of amides is 2. The Bertz CT molecular complexity index is 842. The SMILES string of the molecule is CC1(NC(=O)c2cccc(Br)c2)CCN(CCc2cccc(Cl)c2)C1=O. The largest absolute Gasteiger partial charge is 0.340 e. The Balaban J connectivity index is 1.62. The van der Waals surface area contributed by atoms with Crippen molar-refractivity contribution in [3.63, 3.8) is 0 Å². The fraction of sp³-hybridized carbons (Fsp3) is 0.300. The number of hydrogen-bond donors (Lipinski definition) is 1. The molecule has 26 heavy (non-hydrogen) atoms. The molecule has 136 valence electrons. The first-order chi connectivity index (χ1) is 12.4. The zero-order chi connectivity index (χ0) is 18.7. The average molecular weight is 436 g/mol. The molecule has 6 heteroatoms. The third kappa shape index (κ3) is 4.27. The summed E-state index contributed by atoms with van der Waals surface area (Å²) in [4.78, 5) is 27.1. The molecule has 0 aromatic heterocycles. The van der Waals surface area contributed by atoms with Crippen molar-refractivity contribution in [1.82, 2.24) is 10.2 Å². The second-order valence-corrected chi connectivity index (χ2v) is 8.07. The van der Waals surface area contributed by atoms with E-state index in [1.54, 1.807) is 25.1 Å². The Morgan fingerprint density at radius 2 is 2.04 bits per heavy atom. The van der Waals surface area contributed by atoms with Gasteiger partial charge in [0.05, 0.1) is 0 Å². The maximum atomic E-state index is 12.8. The highest BCUT2D eigenvalue weighted by Gasteiger charge is 2.43. The van der Waals surface area contributed by atoms with E-state index in [-0.39, 0.29) is 11.8 Å². The minimum absolute atomic E-state index is 0.0390. The molecule has 1 N–H and O–H groups in total. The zero-order valence-electron chi connectivity index (χ0n) is 14.5. The molecular formula is C20H20BrClN2O2. The van der Waals surface area contributed by atoms with Crippen LogP contribution < -0.4 is 5.32 Å². The maximum absolute atomic E-state index is 12.8. The third-order valence-electron chi connectivity index (χ3n) is 4.68. The van der Waals surface area contributed by atoms with Crippen LogP contribution in [0.1, 0.15) is 29.3 Å². The predicted octanol–water partition coefficient (Wildman–Crippen LogP) is 4.07. The van der Waals surface area contributed by atoms with Gasteiger partial charge >= 0.3 is 0 Å². The number of carbonyl (C=O) groups is 2. The number of rotatable bonds is 5. The van der Waals surface area contributed by atoms with Crippen LogP contribution in [0.15, 0.2) is 53.0 Å². The second kappa shape index (κ2) is 7.80. The van der Waals surface area contributed by atoms with Gasteiger partial charge in [0.25, 0.3) is 5.91 Å². The van der Waals surface area contributed by atoms with E-state index in [4.69, 9.17) is 11.6 Å². The lowest BCUT2D eigenvalue weighted by Crippen LogP contribution is -2.52. The summed E-state index contributed by atoms with van der Waals surface area (Å²) in [5.74, 6) is -0.276. The molecule has 0 spiro atoms. The molecule has 1 aliphatic rings. The molecule has 0 saturated carbocycles. The summed E-state index contributed by atoms with van der Waals surface area (Å²) < 4.78 is 0.830. The molecule has 2 aromatic carbocycles. The van der Waals surface area contributed by atoms with E-state index < -0.39 is 5.54 Å². The Hall–Kier alpha value is -1.85. The van der Waals surface area contributed by atoms with Gasteiger partial charge in [-0.2, -0.15) is 0 Å². The summed E-state index contributed by atoms with van der Waals surface area (Å²) in [6.07, 6.45) is 1.34. The smallest absolute Gasteiger partial charge is 0.252 e. The van der Waals surface area contributed by atoms with Gasteiger partial charge in [-0.3, -0.25) is 9.59 Å². The Morgan fingerprint density at radius 1 is 1.27 bits per heavy atom. The highest BCUT2D eigenvalue weighted by Crippen LogP contribution is 2.24. The van der Waals surface area contributed by atoms with Crippen LogP contribution in [0.4, 0.5) is 0 Å². The summed E-state index contributed by atoms with van der Waals surface area (Å²) in [6.45, 7) is 3.04. The molecule has 0 radical (unpaired) electrons. The Labute approximate surface area is 166 Å². The van der Waals surface area contributed by atoms with Crippen LogP contribution in [-0.4, -0.2) is 35.3 Å². The first-order valence-corrected chi connectivity index (χ1v) is 9.66. The van der Waals surface area contributed by atoms with Crippen LogP contribution in [0, 0.1) is 0 Å². The Morgan fingerprint density at radius 3 is 2.77 bits per heavy atom. The third-order valence-corrected chi connectivity index (χ3v) is 5.40. The molecule has 1 saturated heterocycles. The van der Waals surface area contributed by atoms with Crippen LogP contribution in [0.5, 0.6) is 0 Å². The van der Waals surface area contributed by atoms with E-state index in [1.807, 2.05) is 35.2 Å². The van der Waals surface area contributed by atoms with Gasteiger partial charge in [-0.15, -0.1) is 0 Å². The van der Waals surface area contributed by atoms with E-state index in [1.165, 1.54) is 0 Å². The van der Waals surface area contributed by atoms with Crippen molar-refractivity contribution >= 4 is 39.3 Å². The van der Waals surface area contributed by atoms with Crippen LogP contribution in [0.2, 0.25) is 5.02 Å². The first kappa shape index (κ1) is 18.9. The van der Waals surface area contributed by atoms with E-state index in [2.05, 4.69) is 21.2 Å². The normalized spacial score (nSPS) is 19.7. The van der Waals surface area contributed by atoms with Gasteiger partial charge in [0.15, 0.2) is 0 Å². The lowest BCUT2D eigenvalue weighted by molar-refractivity contribution is -0.132. The monoisotopic (exact) mass is 434 g/mol. The number of hydrogen-bond acceptors (Lipinski definition) is 2.